The van der Waals surface area contributed by atoms with E-state index in [4.69, 9.17) is 4.98 Å². The third-order valence-electron chi connectivity index (χ3n) is 4.00. The van der Waals surface area contributed by atoms with Gasteiger partial charge in [0.15, 0.2) is 6.20 Å². The van der Waals surface area contributed by atoms with Crippen molar-refractivity contribution in [1.29, 1.82) is 0 Å². The van der Waals surface area contributed by atoms with Gasteiger partial charge in [-0.25, -0.2) is 4.57 Å². The van der Waals surface area contributed by atoms with E-state index in [1.54, 1.807) is 0 Å². The summed E-state index contributed by atoms with van der Waals surface area (Å²) in [5.41, 5.74) is 6.00. The van der Waals surface area contributed by atoms with Crippen LogP contribution in [0.5, 0.6) is 0 Å². The van der Waals surface area contributed by atoms with Crippen LogP contribution in [-0.4, -0.2) is 4.98 Å². The van der Waals surface area contributed by atoms with Crippen LogP contribution >= 0.6 is 0 Å². The Balaban J connectivity index is 2.32. The number of nitrogens with zero attached hydrogens (tertiary/aromatic N) is 2. The zero-order chi connectivity index (χ0) is 15.0. The summed E-state index contributed by atoms with van der Waals surface area (Å²) in [7, 11) is 2.09. The maximum absolute atomic E-state index is 4.82. The summed E-state index contributed by atoms with van der Waals surface area (Å²) in [6.45, 7) is 6.52. The van der Waals surface area contributed by atoms with Crippen LogP contribution in [0.3, 0.4) is 0 Å². The highest BCUT2D eigenvalue weighted by atomic mass is 14.9. The highest BCUT2D eigenvalue weighted by molar-refractivity contribution is 5.91. The van der Waals surface area contributed by atoms with E-state index in [2.05, 4.69) is 81.0 Å². The molecular formula is C19H21N2+. The van der Waals surface area contributed by atoms with Gasteiger partial charge in [0, 0.05) is 17.3 Å². The lowest BCUT2D eigenvalue weighted by molar-refractivity contribution is -0.659. The van der Waals surface area contributed by atoms with Crippen molar-refractivity contribution in [3.63, 3.8) is 0 Å². The first kappa shape index (κ1) is 13.7. The number of rotatable bonds is 2. The molecule has 1 aromatic carbocycles. The standard InChI is InChI=1S/C19H21N2/c1-13(2)17-10-9-16-18(20-17)11-12-21(4)19(16)15-8-6-5-7-14(15)3/h5-13H,1-4H3/q+1. The third-order valence-corrected chi connectivity index (χ3v) is 4.00. The van der Waals surface area contributed by atoms with Gasteiger partial charge in [-0.05, 0) is 36.6 Å². The summed E-state index contributed by atoms with van der Waals surface area (Å²) >= 11 is 0. The number of fused-ring (bicyclic) bond motifs is 1. The van der Waals surface area contributed by atoms with Crippen molar-refractivity contribution >= 4 is 10.9 Å². The maximum Gasteiger partial charge on any atom is 0.222 e. The average molecular weight is 277 g/mol. The van der Waals surface area contributed by atoms with Gasteiger partial charge in [-0.1, -0.05) is 32.0 Å². The van der Waals surface area contributed by atoms with Crippen LogP contribution in [0.1, 0.15) is 31.0 Å². The van der Waals surface area contributed by atoms with Crippen molar-refractivity contribution in [3.8, 4) is 11.3 Å². The minimum atomic E-state index is 0.449. The highest BCUT2D eigenvalue weighted by Crippen LogP contribution is 2.27. The van der Waals surface area contributed by atoms with Crippen molar-refractivity contribution < 1.29 is 4.57 Å². The molecule has 0 amide bonds. The van der Waals surface area contributed by atoms with E-state index in [0.717, 1.165) is 11.2 Å². The number of benzene rings is 1. The van der Waals surface area contributed by atoms with Crippen LogP contribution in [0.25, 0.3) is 22.2 Å². The van der Waals surface area contributed by atoms with E-state index in [0.29, 0.717) is 5.92 Å². The lowest BCUT2D eigenvalue weighted by Gasteiger charge is -2.09. The number of hydrogen-bond acceptors (Lipinski definition) is 1. The summed E-state index contributed by atoms with van der Waals surface area (Å²) in [6.07, 6.45) is 2.10. The molecule has 0 unspecified atom stereocenters. The Morgan fingerprint density at radius 3 is 2.48 bits per heavy atom. The summed E-state index contributed by atoms with van der Waals surface area (Å²) in [6, 6.07) is 15.0. The fraction of sp³-hybridized carbons (Fsp3) is 0.263. The van der Waals surface area contributed by atoms with Gasteiger partial charge in [0.1, 0.15) is 7.05 Å². The molecule has 2 aromatic heterocycles. The molecule has 106 valence electrons. The van der Waals surface area contributed by atoms with Gasteiger partial charge in [-0.15, -0.1) is 0 Å². The van der Waals surface area contributed by atoms with E-state index in [-0.39, 0.29) is 0 Å². The lowest BCUT2D eigenvalue weighted by Crippen LogP contribution is -2.30. The normalized spacial score (nSPS) is 11.3. The molecule has 0 saturated heterocycles. The van der Waals surface area contributed by atoms with Crippen LogP contribution in [0.2, 0.25) is 0 Å². The predicted molar refractivity (Wildman–Crippen MR) is 87.2 cm³/mol. The van der Waals surface area contributed by atoms with Crippen LogP contribution in [-0.2, 0) is 7.05 Å². The van der Waals surface area contributed by atoms with E-state index < -0.39 is 0 Å². The monoisotopic (exact) mass is 277 g/mol. The summed E-state index contributed by atoms with van der Waals surface area (Å²) in [5, 5.41) is 1.21. The van der Waals surface area contributed by atoms with Crippen LogP contribution in [0.4, 0.5) is 0 Å². The van der Waals surface area contributed by atoms with Crippen LogP contribution in [0.15, 0.2) is 48.7 Å². The van der Waals surface area contributed by atoms with Crippen molar-refractivity contribution in [2.24, 2.45) is 7.05 Å². The van der Waals surface area contributed by atoms with E-state index in [9.17, 15) is 0 Å². The smallest absolute Gasteiger partial charge is 0.222 e. The number of pyridine rings is 2. The van der Waals surface area contributed by atoms with Crippen LogP contribution < -0.4 is 4.57 Å². The second-order valence-corrected chi connectivity index (χ2v) is 5.91. The summed E-state index contributed by atoms with van der Waals surface area (Å²) in [5.74, 6) is 0.449. The number of aromatic nitrogens is 2. The topological polar surface area (TPSA) is 16.8 Å². The Morgan fingerprint density at radius 1 is 1.00 bits per heavy atom. The first-order valence-electron chi connectivity index (χ1n) is 7.43. The second-order valence-electron chi connectivity index (χ2n) is 5.91. The largest absolute Gasteiger partial charge is 0.252 e. The van der Waals surface area contributed by atoms with Crippen LogP contribution in [0, 0.1) is 6.92 Å². The molecule has 2 heterocycles. The lowest BCUT2D eigenvalue weighted by atomic mass is 10.0. The highest BCUT2D eigenvalue weighted by Gasteiger charge is 2.17. The minimum Gasteiger partial charge on any atom is -0.252 e. The Morgan fingerprint density at radius 2 is 1.76 bits per heavy atom. The van der Waals surface area contributed by atoms with Gasteiger partial charge in [0.2, 0.25) is 5.69 Å². The first-order chi connectivity index (χ1) is 10.1. The molecule has 0 aliphatic carbocycles. The zero-order valence-electron chi connectivity index (χ0n) is 13.1. The first-order valence-corrected chi connectivity index (χ1v) is 7.43. The predicted octanol–water partition coefficient (Wildman–Crippen LogP) is 4.16. The molecule has 0 bridgehead atoms. The fourth-order valence-electron chi connectivity index (χ4n) is 2.76. The molecule has 0 atom stereocenters. The molecule has 0 saturated carbocycles. The van der Waals surface area contributed by atoms with Gasteiger partial charge in [0.25, 0.3) is 0 Å². The Bertz CT molecular complexity index is 804. The molecule has 2 nitrogen and oxygen atoms in total. The summed E-state index contributed by atoms with van der Waals surface area (Å²) < 4.78 is 2.18. The molecule has 0 aliphatic heterocycles. The van der Waals surface area contributed by atoms with Gasteiger partial charge in [0.05, 0.1) is 10.9 Å². The molecule has 0 fully saturated rings. The fourth-order valence-corrected chi connectivity index (χ4v) is 2.76. The SMILES string of the molecule is Cc1ccccc1-c1c2ccc(C(C)C)nc2cc[n+]1C. The molecule has 3 rings (SSSR count). The quantitative estimate of drug-likeness (QED) is 0.643. The van der Waals surface area contributed by atoms with Crippen molar-refractivity contribution in [2.45, 2.75) is 26.7 Å². The van der Waals surface area contributed by atoms with Gasteiger partial charge < -0.3 is 0 Å². The molecular weight excluding hydrogens is 256 g/mol. The van der Waals surface area contributed by atoms with Gasteiger partial charge >= 0.3 is 0 Å². The summed E-state index contributed by atoms with van der Waals surface area (Å²) in [4.78, 5) is 4.82. The van der Waals surface area contributed by atoms with Crippen molar-refractivity contribution in [2.75, 3.05) is 0 Å². The number of aryl methyl sites for hydroxylation is 2. The molecule has 0 radical (unpaired) electrons. The number of hydrogen-bond donors (Lipinski definition) is 0. The average Bonchev–Trinajstić information content (AvgIpc) is 2.48. The van der Waals surface area contributed by atoms with Crippen molar-refractivity contribution in [3.05, 3.63) is 59.9 Å². The van der Waals surface area contributed by atoms with Gasteiger partial charge in [-0.3, -0.25) is 4.98 Å². The Kier molecular flexibility index (Phi) is 3.46. The molecule has 0 aliphatic rings. The molecule has 2 heteroatoms. The van der Waals surface area contributed by atoms with E-state index in [1.807, 2.05) is 0 Å². The second kappa shape index (κ2) is 5.28. The molecule has 3 aromatic rings. The molecule has 0 N–H and O–H groups in total. The molecule has 21 heavy (non-hydrogen) atoms. The zero-order valence-corrected chi connectivity index (χ0v) is 13.1. The van der Waals surface area contributed by atoms with E-state index >= 15 is 0 Å². The Hall–Kier alpha value is -2.22. The maximum atomic E-state index is 4.82. The third kappa shape index (κ3) is 2.42. The van der Waals surface area contributed by atoms with Crippen molar-refractivity contribution in [1.82, 2.24) is 4.98 Å². The molecule has 0 spiro atoms. The minimum absolute atomic E-state index is 0.449. The van der Waals surface area contributed by atoms with E-state index in [1.165, 1.54) is 22.2 Å². The van der Waals surface area contributed by atoms with Gasteiger partial charge in [-0.2, -0.15) is 0 Å². The Labute approximate surface area is 126 Å².